The number of ether oxygens (including phenoxy) is 2. The van der Waals surface area contributed by atoms with Gasteiger partial charge in [-0.05, 0) is 91.5 Å². The highest BCUT2D eigenvalue weighted by Crippen LogP contribution is 2.32. The van der Waals surface area contributed by atoms with E-state index in [0.717, 1.165) is 63.2 Å². The van der Waals surface area contributed by atoms with E-state index in [4.69, 9.17) is 9.47 Å². The van der Waals surface area contributed by atoms with Gasteiger partial charge in [-0.25, -0.2) is 0 Å². The highest BCUT2D eigenvalue weighted by molar-refractivity contribution is 7.17. The minimum Gasteiger partial charge on any atom is -0.493 e. The van der Waals surface area contributed by atoms with Crippen molar-refractivity contribution >= 4 is 27.3 Å². The van der Waals surface area contributed by atoms with Crippen LogP contribution < -0.4 is 9.47 Å². The average Bonchev–Trinajstić information content (AvgIpc) is 3.17. The molecule has 0 fully saturated rings. The predicted molar refractivity (Wildman–Crippen MR) is 136 cm³/mol. The lowest BCUT2D eigenvalue weighted by Gasteiger charge is -2.22. The number of benzene rings is 2. The first-order valence-electron chi connectivity index (χ1n) is 11.7. The van der Waals surface area contributed by atoms with E-state index in [1.807, 2.05) is 28.4 Å². The number of carbonyl (C=O) groups is 1. The molecule has 0 N–H and O–H groups in total. The van der Waals surface area contributed by atoms with Crippen LogP contribution >= 0.6 is 11.3 Å². The third-order valence-electron chi connectivity index (χ3n) is 6.57. The number of amides is 1. The molecule has 1 amide bonds. The van der Waals surface area contributed by atoms with Crippen molar-refractivity contribution in [2.24, 2.45) is 0 Å². The summed E-state index contributed by atoms with van der Waals surface area (Å²) in [6.45, 7) is 3.64. The third kappa shape index (κ3) is 5.68. The van der Waals surface area contributed by atoms with Crippen LogP contribution in [0.1, 0.15) is 29.5 Å². The van der Waals surface area contributed by atoms with Crippen LogP contribution in [0.3, 0.4) is 0 Å². The van der Waals surface area contributed by atoms with Gasteiger partial charge in [-0.3, -0.25) is 4.79 Å². The van der Waals surface area contributed by atoms with Gasteiger partial charge in [-0.2, -0.15) is 0 Å². The van der Waals surface area contributed by atoms with E-state index in [2.05, 4.69) is 41.6 Å². The van der Waals surface area contributed by atoms with E-state index in [1.54, 1.807) is 14.2 Å². The first-order chi connectivity index (χ1) is 16.1. The minimum atomic E-state index is 0.202. The molecule has 0 radical (unpaired) electrons. The predicted octanol–water partition coefficient (Wildman–Crippen LogP) is 4.80. The number of rotatable bonds is 10. The SMILES string of the molecule is COc1cc2c(cc1OC)CC(=O)N(CCCN(C)CCCc1csc3ccccc13)CC2. The summed E-state index contributed by atoms with van der Waals surface area (Å²) in [6.07, 6.45) is 4.54. The van der Waals surface area contributed by atoms with E-state index in [0.29, 0.717) is 12.2 Å². The standard InChI is InChI=1S/C27H34N2O3S/c1-28(12-6-8-21-19-33-26-10-5-4-9-23(21)26)13-7-14-29-15-11-20-16-24(31-2)25(32-3)17-22(20)18-27(29)30/h4-5,9-10,16-17,19H,6-8,11-15,18H2,1-3H3. The number of nitrogens with zero attached hydrogens (tertiary/aromatic N) is 2. The van der Waals surface area contributed by atoms with E-state index in [1.165, 1.54) is 21.2 Å². The van der Waals surface area contributed by atoms with Crippen molar-refractivity contribution in [3.63, 3.8) is 0 Å². The van der Waals surface area contributed by atoms with E-state index < -0.39 is 0 Å². The molecule has 0 spiro atoms. The van der Waals surface area contributed by atoms with Crippen molar-refractivity contribution in [1.82, 2.24) is 9.80 Å². The summed E-state index contributed by atoms with van der Waals surface area (Å²) < 4.78 is 12.2. The Morgan fingerprint density at radius 1 is 1.03 bits per heavy atom. The first kappa shape index (κ1) is 23.6. The van der Waals surface area contributed by atoms with Gasteiger partial charge in [0.05, 0.1) is 20.6 Å². The first-order valence-corrected chi connectivity index (χ1v) is 12.6. The quantitative estimate of drug-likeness (QED) is 0.430. The topological polar surface area (TPSA) is 42.0 Å². The lowest BCUT2D eigenvalue weighted by Crippen LogP contribution is -2.35. The van der Waals surface area contributed by atoms with Crippen LogP contribution in [0.25, 0.3) is 10.1 Å². The van der Waals surface area contributed by atoms with Gasteiger partial charge in [0.15, 0.2) is 11.5 Å². The molecule has 1 aliphatic heterocycles. The van der Waals surface area contributed by atoms with Crippen molar-refractivity contribution < 1.29 is 14.3 Å². The number of hydrogen-bond donors (Lipinski definition) is 0. The van der Waals surface area contributed by atoms with Gasteiger partial charge in [-0.15, -0.1) is 11.3 Å². The fourth-order valence-electron chi connectivity index (χ4n) is 4.66. The maximum atomic E-state index is 12.9. The monoisotopic (exact) mass is 466 g/mol. The summed E-state index contributed by atoms with van der Waals surface area (Å²) in [5.74, 6) is 1.62. The lowest BCUT2D eigenvalue weighted by molar-refractivity contribution is -0.130. The molecule has 0 bridgehead atoms. The van der Waals surface area contributed by atoms with Crippen LogP contribution in [0.5, 0.6) is 11.5 Å². The largest absolute Gasteiger partial charge is 0.493 e. The van der Waals surface area contributed by atoms with Crippen LogP contribution in [-0.4, -0.2) is 63.2 Å². The zero-order chi connectivity index (χ0) is 23.2. The zero-order valence-corrected chi connectivity index (χ0v) is 20.7. The van der Waals surface area contributed by atoms with Gasteiger partial charge in [0.2, 0.25) is 5.91 Å². The van der Waals surface area contributed by atoms with Crippen LogP contribution in [0.2, 0.25) is 0 Å². The Labute approximate surface area is 200 Å². The number of aryl methyl sites for hydroxylation is 1. The molecule has 1 aromatic heterocycles. The Bertz CT molecular complexity index is 1090. The van der Waals surface area contributed by atoms with Crippen LogP contribution in [0.4, 0.5) is 0 Å². The van der Waals surface area contributed by atoms with Gasteiger partial charge in [0, 0.05) is 17.8 Å². The van der Waals surface area contributed by atoms with Crippen LogP contribution in [-0.2, 0) is 24.1 Å². The van der Waals surface area contributed by atoms with Crippen molar-refractivity contribution in [3.05, 3.63) is 58.5 Å². The molecular formula is C27H34N2O3S. The molecular weight excluding hydrogens is 432 g/mol. The molecule has 5 nitrogen and oxygen atoms in total. The Morgan fingerprint density at radius 2 is 1.76 bits per heavy atom. The summed E-state index contributed by atoms with van der Waals surface area (Å²) in [5.41, 5.74) is 3.70. The molecule has 176 valence electrons. The Balaban J connectivity index is 1.22. The summed E-state index contributed by atoms with van der Waals surface area (Å²) in [4.78, 5) is 17.3. The number of thiophene rings is 1. The average molecular weight is 467 g/mol. The van der Waals surface area contributed by atoms with Crippen LogP contribution in [0, 0.1) is 0 Å². The normalized spacial score (nSPS) is 13.9. The molecule has 4 rings (SSSR count). The lowest BCUT2D eigenvalue weighted by atomic mass is 10.0. The molecule has 0 atom stereocenters. The summed E-state index contributed by atoms with van der Waals surface area (Å²) in [7, 11) is 5.47. The highest BCUT2D eigenvalue weighted by atomic mass is 32.1. The molecule has 2 heterocycles. The molecule has 3 aromatic rings. The Hall–Kier alpha value is -2.57. The molecule has 6 heteroatoms. The molecule has 0 saturated heterocycles. The van der Waals surface area contributed by atoms with Gasteiger partial charge < -0.3 is 19.3 Å². The van der Waals surface area contributed by atoms with Gasteiger partial charge >= 0.3 is 0 Å². The summed E-state index contributed by atoms with van der Waals surface area (Å²) >= 11 is 1.84. The number of hydrogen-bond acceptors (Lipinski definition) is 5. The zero-order valence-electron chi connectivity index (χ0n) is 19.9. The fourth-order valence-corrected chi connectivity index (χ4v) is 5.66. The van der Waals surface area contributed by atoms with Gasteiger partial charge in [-0.1, -0.05) is 18.2 Å². The van der Waals surface area contributed by atoms with Crippen molar-refractivity contribution in [2.75, 3.05) is 47.4 Å². The maximum Gasteiger partial charge on any atom is 0.227 e. The second-order valence-electron chi connectivity index (χ2n) is 8.80. The van der Waals surface area contributed by atoms with E-state index in [-0.39, 0.29) is 5.91 Å². The number of methoxy groups -OCH3 is 2. The van der Waals surface area contributed by atoms with E-state index >= 15 is 0 Å². The minimum absolute atomic E-state index is 0.202. The number of fused-ring (bicyclic) bond motifs is 2. The third-order valence-corrected chi connectivity index (χ3v) is 7.58. The second-order valence-corrected chi connectivity index (χ2v) is 9.71. The number of carbonyl (C=O) groups excluding carboxylic acids is 1. The van der Waals surface area contributed by atoms with Gasteiger partial charge in [0.25, 0.3) is 0 Å². The molecule has 33 heavy (non-hydrogen) atoms. The van der Waals surface area contributed by atoms with Crippen molar-refractivity contribution in [2.45, 2.75) is 32.1 Å². The molecule has 0 saturated carbocycles. The van der Waals surface area contributed by atoms with Gasteiger partial charge in [0.1, 0.15) is 0 Å². The smallest absolute Gasteiger partial charge is 0.227 e. The summed E-state index contributed by atoms with van der Waals surface area (Å²) in [5, 5.41) is 3.71. The van der Waals surface area contributed by atoms with E-state index in [9.17, 15) is 4.79 Å². The fraction of sp³-hybridized carbons (Fsp3) is 0.444. The molecule has 1 aliphatic rings. The van der Waals surface area contributed by atoms with Crippen LogP contribution in [0.15, 0.2) is 41.8 Å². The molecule has 2 aromatic carbocycles. The van der Waals surface area contributed by atoms with Crippen molar-refractivity contribution in [1.29, 1.82) is 0 Å². The summed E-state index contributed by atoms with van der Waals surface area (Å²) in [6, 6.07) is 12.6. The Kier molecular flexibility index (Phi) is 7.89. The maximum absolute atomic E-state index is 12.9. The Morgan fingerprint density at radius 3 is 2.55 bits per heavy atom. The molecule has 0 unspecified atom stereocenters. The second kappa shape index (κ2) is 11.0. The highest BCUT2D eigenvalue weighted by Gasteiger charge is 2.22. The molecule has 0 aliphatic carbocycles. The van der Waals surface area contributed by atoms with Crippen molar-refractivity contribution in [3.8, 4) is 11.5 Å².